The van der Waals surface area contributed by atoms with Gasteiger partial charge in [0.15, 0.2) is 12.6 Å². The molecule has 4 saturated carbocycles. The van der Waals surface area contributed by atoms with E-state index in [1.54, 1.807) is 0 Å². The second kappa shape index (κ2) is 15.7. The Morgan fingerprint density at radius 1 is 0.729 bits per heavy atom. The van der Waals surface area contributed by atoms with Gasteiger partial charge < -0.3 is 80.2 Å². The van der Waals surface area contributed by atoms with Crippen LogP contribution >= 0.6 is 0 Å². The highest BCUT2D eigenvalue weighted by Crippen LogP contribution is 2.76. The van der Waals surface area contributed by atoms with Crippen LogP contribution < -0.4 is 0 Å². The van der Waals surface area contributed by atoms with Crippen molar-refractivity contribution in [1.82, 2.24) is 0 Å². The van der Waals surface area contributed by atoms with Gasteiger partial charge >= 0.3 is 5.97 Å². The third-order valence-corrected chi connectivity index (χ3v) is 17.6. The van der Waals surface area contributed by atoms with Crippen LogP contribution in [0.2, 0.25) is 0 Å². The summed E-state index contributed by atoms with van der Waals surface area (Å²) in [4.78, 5) is 13.1. The van der Waals surface area contributed by atoms with Crippen LogP contribution in [0.4, 0.5) is 0 Å². The third-order valence-electron chi connectivity index (χ3n) is 17.6. The molecule has 7 aliphatic rings. The first-order valence-electron chi connectivity index (χ1n) is 21.3. The molecule has 17 nitrogen and oxygen atoms in total. The van der Waals surface area contributed by atoms with Crippen molar-refractivity contribution in [3.63, 3.8) is 0 Å². The summed E-state index contributed by atoms with van der Waals surface area (Å²) in [5.74, 6) is -2.03. The molecular formula is C42H68O17. The summed E-state index contributed by atoms with van der Waals surface area (Å²) in [5, 5.41) is 131. The Labute approximate surface area is 344 Å². The van der Waals surface area contributed by atoms with Gasteiger partial charge in [-0.1, -0.05) is 46.3 Å². The molecule has 20 atom stereocenters. The van der Waals surface area contributed by atoms with Gasteiger partial charge in [-0.25, -0.2) is 0 Å². The fourth-order valence-electron chi connectivity index (χ4n) is 13.8. The van der Waals surface area contributed by atoms with Crippen LogP contribution in [0, 0.1) is 50.2 Å². The number of fused-ring (bicyclic) bond motifs is 7. The van der Waals surface area contributed by atoms with Gasteiger partial charge in [-0.3, -0.25) is 4.79 Å². The number of aliphatic hydroxyl groups excluding tert-OH is 11. The molecule has 2 aliphatic heterocycles. The van der Waals surface area contributed by atoms with Gasteiger partial charge in [-0.15, -0.1) is 0 Å². The summed E-state index contributed by atoms with van der Waals surface area (Å²) in [5.41, 5.74) is -3.78. The number of rotatable bonds is 9. The van der Waals surface area contributed by atoms with E-state index in [1.165, 1.54) is 0 Å². The largest absolute Gasteiger partial charge is 0.481 e. The summed E-state index contributed by atoms with van der Waals surface area (Å²) in [7, 11) is 0. The number of ether oxygens (including phenoxy) is 4. The van der Waals surface area contributed by atoms with Crippen LogP contribution in [0.1, 0.15) is 86.0 Å². The van der Waals surface area contributed by atoms with Crippen molar-refractivity contribution in [2.45, 2.75) is 166 Å². The second-order valence-corrected chi connectivity index (χ2v) is 20.5. The van der Waals surface area contributed by atoms with E-state index in [0.29, 0.717) is 44.9 Å². The number of allylic oxidation sites excluding steroid dienone is 1. The van der Waals surface area contributed by atoms with E-state index in [-0.39, 0.29) is 12.3 Å². The lowest BCUT2D eigenvalue weighted by atomic mass is 9.33. The van der Waals surface area contributed by atoms with Crippen LogP contribution in [0.3, 0.4) is 0 Å². The molecule has 0 bridgehead atoms. The first-order chi connectivity index (χ1) is 27.6. The maximum Gasteiger partial charge on any atom is 0.310 e. The van der Waals surface area contributed by atoms with Gasteiger partial charge in [-0.05, 0) is 84.9 Å². The standard InChI is InChI=1S/C42H68O17/c1-37(2)10-12-41(36(54)55)13-11-39(4)19(25(41)32(37)53)6-7-23-38(3)14-20(47)33(42(17-45,18-46)24(38)8-9-40(23,39)5)59-35-31(29(51)27(49)22(16-44)57-35)58-34-30(52)28(50)26(48)21(15-43)56-34/h6,20-35,43-53H,7-18H2,1-5H3,(H,54,55)/t20-,21-,22-,23-,24-,25+,26-,27-,28+,29+,30-,31-,32+,33+,34+,35-,38-,39-,40-,41+/m1/s1. The third kappa shape index (κ3) is 6.46. The van der Waals surface area contributed by atoms with E-state index in [1.807, 2.05) is 13.8 Å². The number of carboxylic acid groups (broad SMARTS) is 1. The van der Waals surface area contributed by atoms with Crippen LogP contribution in [0.15, 0.2) is 11.6 Å². The molecule has 2 heterocycles. The van der Waals surface area contributed by atoms with E-state index in [4.69, 9.17) is 18.9 Å². The molecule has 0 aromatic rings. The molecule has 2 saturated heterocycles. The zero-order valence-corrected chi connectivity index (χ0v) is 34.7. The molecular weight excluding hydrogens is 776 g/mol. The summed E-state index contributed by atoms with van der Waals surface area (Å²) in [6, 6.07) is 0. The maximum atomic E-state index is 13.1. The smallest absolute Gasteiger partial charge is 0.310 e. The van der Waals surface area contributed by atoms with E-state index in [9.17, 15) is 66.1 Å². The number of carboxylic acids is 1. The number of carbonyl (C=O) groups is 1. The molecule has 0 spiro atoms. The molecule has 0 amide bonds. The normalized spacial score (nSPS) is 52.9. The van der Waals surface area contributed by atoms with Crippen LogP contribution in [0.25, 0.3) is 0 Å². The van der Waals surface area contributed by atoms with Crippen molar-refractivity contribution in [2.75, 3.05) is 26.4 Å². The quantitative estimate of drug-likeness (QED) is 0.0956. The minimum Gasteiger partial charge on any atom is -0.481 e. The van der Waals surface area contributed by atoms with Crippen LogP contribution in [0.5, 0.6) is 0 Å². The van der Waals surface area contributed by atoms with Gasteiger partial charge in [0.2, 0.25) is 0 Å². The fraction of sp³-hybridized carbons (Fsp3) is 0.929. The van der Waals surface area contributed by atoms with Crippen molar-refractivity contribution in [3.05, 3.63) is 11.6 Å². The molecule has 0 unspecified atom stereocenters. The van der Waals surface area contributed by atoms with Gasteiger partial charge in [-0.2, -0.15) is 0 Å². The fourth-order valence-corrected chi connectivity index (χ4v) is 13.8. The summed E-state index contributed by atoms with van der Waals surface area (Å²) in [6.07, 6.45) is -14.8. The molecule has 6 fully saturated rings. The Morgan fingerprint density at radius 2 is 1.32 bits per heavy atom. The van der Waals surface area contributed by atoms with Crippen LogP contribution in [-0.4, -0.2) is 173 Å². The Hall–Kier alpha value is -1.39. The van der Waals surface area contributed by atoms with Gasteiger partial charge in [0.05, 0.1) is 50.2 Å². The summed E-state index contributed by atoms with van der Waals surface area (Å²) >= 11 is 0. The van der Waals surface area contributed by atoms with E-state index in [0.717, 1.165) is 5.57 Å². The average Bonchev–Trinajstić information content (AvgIpc) is 3.19. The first-order valence-corrected chi connectivity index (χ1v) is 21.3. The van der Waals surface area contributed by atoms with Gasteiger partial charge in [0, 0.05) is 11.3 Å². The monoisotopic (exact) mass is 844 g/mol. The molecule has 0 aromatic carbocycles. The first kappa shape index (κ1) is 45.6. The highest BCUT2D eigenvalue weighted by atomic mass is 16.8. The maximum absolute atomic E-state index is 13.1. The molecule has 7 rings (SSSR count). The van der Waals surface area contributed by atoms with Crippen molar-refractivity contribution in [2.24, 2.45) is 50.2 Å². The number of hydrogen-bond acceptors (Lipinski definition) is 16. The highest BCUT2D eigenvalue weighted by Gasteiger charge is 2.73. The molecule has 59 heavy (non-hydrogen) atoms. The Kier molecular flexibility index (Phi) is 12.1. The van der Waals surface area contributed by atoms with Crippen LogP contribution in [-0.2, 0) is 23.7 Å². The predicted octanol–water partition coefficient (Wildman–Crippen LogP) is -1.23. The summed E-state index contributed by atoms with van der Waals surface area (Å²) in [6.45, 7) is 7.65. The van der Waals surface area contributed by atoms with Crippen molar-refractivity contribution >= 4 is 5.97 Å². The Morgan fingerprint density at radius 3 is 1.92 bits per heavy atom. The van der Waals surface area contributed by atoms with Gasteiger partial charge in [0.1, 0.15) is 48.8 Å². The second-order valence-electron chi connectivity index (χ2n) is 20.5. The van der Waals surface area contributed by atoms with E-state index < -0.39 is 156 Å². The topological polar surface area (TPSA) is 297 Å². The molecule has 338 valence electrons. The number of aliphatic hydroxyl groups is 11. The minimum absolute atomic E-state index is 0.120. The lowest BCUT2D eigenvalue weighted by Gasteiger charge is -2.72. The molecule has 0 radical (unpaired) electrons. The van der Waals surface area contributed by atoms with Crippen molar-refractivity contribution in [1.29, 1.82) is 0 Å². The number of aliphatic carboxylic acids is 1. The van der Waals surface area contributed by atoms with Crippen molar-refractivity contribution in [3.8, 4) is 0 Å². The molecule has 17 heteroatoms. The Bertz CT molecular complexity index is 1590. The summed E-state index contributed by atoms with van der Waals surface area (Å²) < 4.78 is 23.8. The van der Waals surface area contributed by atoms with E-state index >= 15 is 0 Å². The highest BCUT2D eigenvalue weighted by molar-refractivity contribution is 5.77. The molecule has 0 aromatic heterocycles. The van der Waals surface area contributed by atoms with Gasteiger partial charge in [0.25, 0.3) is 0 Å². The minimum atomic E-state index is -1.90. The predicted molar refractivity (Wildman–Crippen MR) is 204 cm³/mol. The SMILES string of the molecule is CC1(C)CC[C@]2(C(=O)O)CC[C@]3(C)C(=CC[C@@H]4[C@@]5(C)C[C@@H](O)[C@H](O[C@H]6O[C@H](CO)[C@@H](O)[C@H](O)[C@H]6O[C@@H]6O[C@H](CO)[C@@H](O)[C@H](O)[C@H]6O)C(CO)(CO)[C@@H]5CC[C@]43C)[C@H]2[C@@H]1O. The number of hydrogen-bond donors (Lipinski definition) is 12. The Balaban J connectivity index is 1.22. The van der Waals surface area contributed by atoms with E-state index in [2.05, 4.69) is 26.8 Å². The van der Waals surface area contributed by atoms with Crippen molar-refractivity contribution < 1.29 is 85.0 Å². The molecule has 5 aliphatic carbocycles. The zero-order chi connectivity index (χ0) is 43.4. The average molecular weight is 845 g/mol. The lowest BCUT2D eigenvalue weighted by molar-refractivity contribution is -0.386. The lowest BCUT2D eigenvalue weighted by Crippen LogP contribution is -2.71. The molecule has 12 N–H and O–H groups in total. The zero-order valence-electron chi connectivity index (χ0n) is 34.7.